The van der Waals surface area contributed by atoms with E-state index < -0.39 is 11.5 Å². The zero-order valence-corrected chi connectivity index (χ0v) is 21.5. The van der Waals surface area contributed by atoms with Gasteiger partial charge in [0.05, 0.1) is 5.69 Å². The number of nitrogens with zero attached hydrogens (tertiary/aromatic N) is 3. The number of amides is 2. The van der Waals surface area contributed by atoms with Gasteiger partial charge in [0.25, 0.3) is 11.5 Å². The summed E-state index contributed by atoms with van der Waals surface area (Å²) in [6.45, 7) is 5.38. The molecular weight excluding hydrogens is 476 g/mol. The predicted octanol–water partition coefficient (Wildman–Crippen LogP) is 5.15. The lowest BCUT2D eigenvalue weighted by molar-refractivity contribution is -0.133. The second-order valence-electron chi connectivity index (χ2n) is 9.65. The van der Waals surface area contributed by atoms with Crippen LogP contribution in [0.25, 0.3) is 6.08 Å². The topological polar surface area (TPSA) is 95.2 Å². The van der Waals surface area contributed by atoms with Crippen LogP contribution in [0.15, 0.2) is 34.6 Å². The SMILES string of the molecule is CCn1c(C#N)cc(C(=O)Nc2c(C)cc(Cl)cc2C=C2CCN(C(=O)CC3CCC3)CC2)cc1=O. The molecule has 0 bridgehead atoms. The Bertz CT molecular complexity index is 1310. The highest BCUT2D eigenvalue weighted by Crippen LogP contribution is 2.32. The molecule has 2 heterocycles. The van der Waals surface area contributed by atoms with Gasteiger partial charge >= 0.3 is 0 Å². The van der Waals surface area contributed by atoms with E-state index in [1.807, 2.05) is 24.0 Å². The molecule has 2 aliphatic rings. The van der Waals surface area contributed by atoms with Gasteiger partial charge in [-0.05, 0) is 74.8 Å². The van der Waals surface area contributed by atoms with Crippen molar-refractivity contribution in [3.63, 3.8) is 0 Å². The van der Waals surface area contributed by atoms with E-state index in [1.54, 1.807) is 19.1 Å². The van der Waals surface area contributed by atoms with Gasteiger partial charge in [-0.3, -0.25) is 14.4 Å². The number of aromatic nitrogens is 1. The maximum atomic E-state index is 13.1. The first-order valence-electron chi connectivity index (χ1n) is 12.5. The van der Waals surface area contributed by atoms with Crippen molar-refractivity contribution >= 4 is 35.2 Å². The van der Waals surface area contributed by atoms with Gasteiger partial charge in [0.1, 0.15) is 11.8 Å². The molecule has 1 aromatic carbocycles. The summed E-state index contributed by atoms with van der Waals surface area (Å²) in [7, 11) is 0. The van der Waals surface area contributed by atoms with Crippen LogP contribution in [0.5, 0.6) is 0 Å². The number of aryl methyl sites for hydroxylation is 1. The molecule has 2 aromatic rings. The van der Waals surface area contributed by atoms with Crippen LogP contribution in [0, 0.1) is 24.2 Å². The number of benzene rings is 1. The molecule has 0 spiro atoms. The number of carbonyl (C=O) groups is 2. The Morgan fingerprint density at radius 3 is 2.53 bits per heavy atom. The number of hydrogen-bond donors (Lipinski definition) is 1. The maximum absolute atomic E-state index is 13.1. The average molecular weight is 507 g/mol. The van der Waals surface area contributed by atoms with Gasteiger partial charge < -0.3 is 14.8 Å². The molecule has 188 valence electrons. The smallest absolute Gasteiger partial charge is 0.255 e. The van der Waals surface area contributed by atoms with Crippen molar-refractivity contribution in [1.29, 1.82) is 5.26 Å². The molecule has 0 unspecified atom stereocenters. The minimum atomic E-state index is -0.465. The van der Waals surface area contributed by atoms with Gasteiger partial charge in [0.15, 0.2) is 0 Å². The summed E-state index contributed by atoms with van der Waals surface area (Å²) in [5, 5.41) is 12.9. The Morgan fingerprint density at radius 2 is 1.92 bits per heavy atom. The van der Waals surface area contributed by atoms with Crippen molar-refractivity contribution < 1.29 is 9.59 Å². The van der Waals surface area contributed by atoms with Crippen molar-refractivity contribution in [3.8, 4) is 6.07 Å². The molecule has 2 amide bonds. The third kappa shape index (κ3) is 5.71. The molecule has 1 saturated heterocycles. The molecule has 8 heteroatoms. The predicted molar refractivity (Wildman–Crippen MR) is 141 cm³/mol. The lowest BCUT2D eigenvalue weighted by Gasteiger charge is -2.32. The summed E-state index contributed by atoms with van der Waals surface area (Å²) in [6, 6.07) is 8.25. The third-order valence-electron chi connectivity index (χ3n) is 7.20. The normalized spacial score (nSPS) is 15.7. The lowest BCUT2D eigenvalue weighted by Crippen LogP contribution is -2.37. The molecule has 1 aliphatic heterocycles. The minimum Gasteiger partial charge on any atom is -0.342 e. The molecule has 4 rings (SSSR count). The standard InChI is InChI=1S/C28H31ClN4O3/c1-3-33-24(17-30)15-22(16-26(33)35)28(36)31-27-18(2)11-23(29)14-21(27)12-20-7-9-32(10-8-20)25(34)13-19-5-4-6-19/h11-12,14-16,19H,3-10,13H2,1-2H3,(H,31,36). The number of pyridine rings is 1. The van der Waals surface area contributed by atoms with Gasteiger partial charge in [-0.1, -0.05) is 29.7 Å². The molecule has 7 nitrogen and oxygen atoms in total. The van der Waals surface area contributed by atoms with Crippen molar-refractivity contribution in [2.45, 2.75) is 58.9 Å². The zero-order chi connectivity index (χ0) is 25.8. The second kappa shape index (κ2) is 11.1. The molecule has 1 N–H and O–H groups in total. The van der Waals surface area contributed by atoms with E-state index in [0.29, 0.717) is 42.7 Å². The van der Waals surface area contributed by atoms with E-state index in [-0.39, 0.29) is 17.2 Å². The van der Waals surface area contributed by atoms with Gasteiger partial charge in [-0.25, -0.2) is 0 Å². The largest absolute Gasteiger partial charge is 0.342 e. The van der Waals surface area contributed by atoms with Crippen LogP contribution in [0.1, 0.15) is 72.6 Å². The van der Waals surface area contributed by atoms with E-state index in [9.17, 15) is 19.6 Å². The van der Waals surface area contributed by atoms with Crippen LogP contribution in [0.2, 0.25) is 5.02 Å². The van der Waals surface area contributed by atoms with Crippen LogP contribution >= 0.6 is 11.6 Å². The fraction of sp³-hybridized carbons (Fsp3) is 0.429. The highest BCUT2D eigenvalue weighted by Gasteiger charge is 2.25. The highest BCUT2D eigenvalue weighted by atomic mass is 35.5. The number of piperidine rings is 1. The number of nitrogens with one attached hydrogen (secondary N) is 1. The molecule has 1 saturated carbocycles. The quantitative estimate of drug-likeness (QED) is 0.586. The maximum Gasteiger partial charge on any atom is 0.255 e. The van der Waals surface area contributed by atoms with Gasteiger partial charge in [-0.15, -0.1) is 0 Å². The fourth-order valence-electron chi connectivity index (χ4n) is 4.87. The fourth-order valence-corrected chi connectivity index (χ4v) is 5.15. The monoisotopic (exact) mass is 506 g/mol. The molecule has 0 radical (unpaired) electrons. The van der Waals surface area contributed by atoms with Crippen LogP contribution in [-0.4, -0.2) is 34.4 Å². The Labute approximate surface area is 216 Å². The summed E-state index contributed by atoms with van der Waals surface area (Å²) in [4.78, 5) is 40.0. The number of likely N-dealkylation sites (tertiary alicyclic amines) is 1. The number of carbonyl (C=O) groups excluding carboxylic acids is 2. The van der Waals surface area contributed by atoms with E-state index in [4.69, 9.17) is 11.6 Å². The second-order valence-corrected chi connectivity index (χ2v) is 10.1. The van der Waals surface area contributed by atoms with E-state index in [0.717, 1.165) is 24.0 Å². The number of halogens is 1. The first-order valence-corrected chi connectivity index (χ1v) is 12.9. The summed E-state index contributed by atoms with van der Waals surface area (Å²) in [6.07, 6.45) is 7.83. The van der Waals surface area contributed by atoms with Gasteiger partial charge in [0, 0.05) is 42.7 Å². The Balaban J connectivity index is 1.52. The Kier molecular flexibility index (Phi) is 7.95. The molecular formula is C28H31ClN4O3. The molecule has 36 heavy (non-hydrogen) atoms. The Hall–Kier alpha value is -3.37. The number of rotatable bonds is 6. The Morgan fingerprint density at radius 1 is 1.19 bits per heavy atom. The summed E-state index contributed by atoms with van der Waals surface area (Å²) < 4.78 is 1.32. The van der Waals surface area contributed by atoms with Crippen LogP contribution in [0.3, 0.4) is 0 Å². The van der Waals surface area contributed by atoms with E-state index in [2.05, 4.69) is 5.32 Å². The minimum absolute atomic E-state index is 0.132. The first-order chi connectivity index (χ1) is 17.3. The van der Waals surface area contributed by atoms with Crippen LogP contribution in [0.4, 0.5) is 5.69 Å². The van der Waals surface area contributed by atoms with E-state index >= 15 is 0 Å². The lowest BCUT2D eigenvalue weighted by atomic mass is 9.82. The van der Waals surface area contributed by atoms with Crippen molar-refractivity contribution in [3.05, 3.63) is 67.6 Å². The molecule has 1 aromatic heterocycles. The summed E-state index contributed by atoms with van der Waals surface area (Å²) in [5.74, 6) is 0.356. The third-order valence-corrected chi connectivity index (χ3v) is 7.41. The summed E-state index contributed by atoms with van der Waals surface area (Å²) in [5.41, 5.74) is 3.25. The number of hydrogen-bond acceptors (Lipinski definition) is 4. The number of nitriles is 1. The van der Waals surface area contributed by atoms with Crippen LogP contribution < -0.4 is 10.9 Å². The van der Waals surface area contributed by atoms with Crippen molar-refractivity contribution in [2.75, 3.05) is 18.4 Å². The van der Waals surface area contributed by atoms with E-state index in [1.165, 1.54) is 41.5 Å². The molecule has 2 fully saturated rings. The highest BCUT2D eigenvalue weighted by molar-refractivity contribution is 6.31. The van der Waals surface area contributed by atoms with Crippen molar-refractivity contribution in [2.24, 2.45) is 5.92 Å². The van der Waals surface area contributed by atoms with Crippen molar-refractivity contribution in [1.82, 2.24) is 9.47 Å². The first kappa shape index (κ1) is 25.7. The van der Waals surface area contributed by atoms with Gasteiger partial charge in [-0.2, -0.15) is 5.26 Å². The van der Waals surface area contributed by atoms with Crippen LogP contribution in [-0.2, 0) is 11.3 Å². The number of anilines is 1. The zero-order valence-electron chi connectivity index (χ0n) is 20.8. The molecule has 0 atom stereocenters. The molecule has 1 aliphatic carbocycles. The summed E-state index contributed by atoms with van der Waals surface area (Å²) >= 11 is 6.34. The average Bonchev–Trinajstić information content (AvgIpc) is 2.83. The van der Waals surface area contributed by atoms with Gasteiger partial charge in [0.2, 0.25) is 5.91 Å².